The van der Waals surface area contributed by atoms with Gasteiger partial charge in [0, 0.05) is 23.0 Å². The summed E-state index contributed by atoms with van der Waals surface area (Å²) in [5, 5.41) is 1.57. The van der Waals surface area contributed by atoms with Crippen LogP contribution in [0.1, 0.15) is 26.9 Å². The lowest BCUT2D eigenvalue weighted by Crippen LogP contribution is -2.19. The Labute approximate surface area is 209 Å². The standard InChI is InChI=1S/C24H15Cl2F2N3O3S/c25-15-2-6-18(7-3-15)35(33,34)23(19-11-17(27)5-8-20(19)28)21-9-1-14(12-29-21)24(32)31-22-10-4-16(26)13-30-22/h1-13,23H,(H,30,31,32). The van der Waals surface area contributed by atoms with Crippen LogP contribution < -0.4 is 5.32 Å². The number of hydrogen-bond donors (Lipinski definition) is 1. The van der Waals surface area contributed by atoms with Crippen molar-refractivity contribution in [1.29, 1.82) is 0 Å². The van der Waals surface area contributed by atoms with E-state index in [4.69, 9.17) is 23.2 Å². The number of amides is 1. The largest absolute Gasteiger partial charge is 0.307 e. The molecular formula is C24H15Cl2F2N3O3S. The molecular weight excluding hydrogens is 519 g/mol. The Balaban J connectivity index is 1.73. The van der Waals surface area contributed by atoms with Crippen molar-refractivity contribution in [2.45, 2.75) is 10.1 Å². The van der Waals surface area contributed by atoms with Crippen molar-refractivity contribution in [1.82, 2.24) is 9.97 Å². The zero-order valence-corrected chi connectivity index (χ0v) is 20.0. The van der Waals surface area contributed by atoms with E-state index in [1.807, 2.05) is 0 Å². The maximum atomic E-state index is 14.7. The summed E-state index contributed by atoms with van der Waals surface area (Å²) in [6, 6.07) is 13.5. The Morgan fingerprint density at radius 1 is 0.857 bits per heavy atom. The smallest absolute Gasteiger partial charge is 0.258 e. The Kier molecular flexibility index (Phi) is 7.11. The number of benzene rings is 2. The molecule has 1 amide bonds. The maximum Gasteiger partial charge on any atom is 0.258 e. The molecule has 35 heavy (non-hydrogen) atoms. The number of halogens is 4. The van der Waals surface area contributed by atoms with Gasteiger partial charge in [0.25, 0.3) is 5.91 Å². The van der Waals surface area contributed by atoms with Gasteiger partial charge in [-0.05, 0) is 66.7 Å². The number of carbonyl (C=O) groups excluding carboxylic acids is 1. The summed E-state index contributed by atoms with van der Waals surface area (Å²) in [5.41, 5.74) is -0.437. The molecule has 178 valence electrons. The fourth-order valence-electron chi connectivity index (χ4n) is 3.29. The molecule has 0 aliphatic rings. The second-order valence-electron chi connectivity index (χ2n) is 7.33. The normalized spacial score (nSPS) is 12.2. The van der Waals surface area contributed by atoms with E-state index in [1.54, 1.807) is 6.07 Å². The molecule has 11 heteroatoms. The molecule has 1 N–H and O–H groups in total. The van der Waals surface area contributed by atoms with E-state index >= 15 is 0 Å². The first-order valence-corrected chi connectivity index (χ1v) is 12.3. The number of sulfone groups is 1. The molecule has 2 aromatic heterocycles. The topological polar surface area (TPSA) is 89.0 Å². The van der Waals surface area contributed by atoms with E-state index in [1.165, 1.54) is 48.7 Å². The molecule has 6 nitrogen and oxygen atoms in total. The van der Waals surface area contributed by atoms with Crippen molar-refractivity contribution in [3.05, 3.63) is 118 Å². The van der Waals surface area contributed by atoms with Gasteiger partial charge in [-0.2, -0.15) is 0 Å². The van der Waals surface area contributed by atoms with Crippen LogP contribution in [-0.4, -0.2) is 24.3 Å². The summed E-state index contributed by atoms with van der Waals surface area (Å²) in [5.74, 6) is -2.06. The molecule has 2 heterocycles. The summed E-state index contributed by atoms with van der Waals surface area (Å²) in [4.78, 5) is 20.5. The van der Waals surface area contributed by atoms with Crippen LogP contribution in [0.15, 0.2) is 84.0 Å². The van der Waals surface area contributed by atoms with Crippen LogP contribution in [0.2, 0.25) is 10.0 Å². The molecule has 4 rings (SSSR count). The van der Waals surface area contributed by atoms with Crippen molar-refractivity contribution in [3.8, 4) is 0 Å². The second kappa shape index (κ2) is 10.1. The van der Waals surface area contributed by atoms with Crippen LogP contribution in [0.4, 0.5) is 14.6 Å². The van der Waals surface area contributed by atoms with Crippen molar-refractivity contribution in [2.24, 2.45) is 0 Å². The van der Waals surface area contributed by atoms with Crippen molar-refractivity contribution in [2.75, 3.05) is 5.32 Å². The van der Waals surface area contributed by atoms with Gasteiger partial charge in [-0.3, -0.25) is 9.78 Å². The van der Waals surface area contributed by atoms with Gasteiger partial charge in [-0.25, -0.2) is 22.2 Å². The average molecular weight is 534 g/mol. The van der Waals surface area contributed by atoms with Gasteiger partial charge in [0.05, 0.1) is 21.2 Å². The molecule has 0 radical (unpaired) electrons. The molecule has 0 aliphatic heterocycles. The molecule has 0 aliphatic carbocycles. The van der Waals surface area contributed by atoms with E-state index < -0.39 is 38.2 Å². The van der Waals surface area contributed by atoms with Crippen molar-refractivity contribution < 1.29 is 22.0 Å². The van der Waals surface area contributed by atoms with Crippen molar-refractivity contribution >= 4 is 44.8 Å². The minimum atomic E-state index is -4.30. The molecule has 1 atom stereocenters. The fourth-order valence-corrected chi connectivity index (χ4v) is 5.29. The molecule has 2 aromatic carbocycles. The Morgan fingerprint density at radius 2 is 1.57 bits per heavy atom. The maximum absolute atomic E-state index is 14.7. The summed E-state index contributed by atoms with van der Waals surface area (Å²) in [6.45, 7) is 0. The zero-order chi connectivity index (χ0) is 25.2. The van der Waals surface area contributed by atoms with Crippen LogP contribution >= 0.6 is 23.2 Å². The third-order valence-corrected chi connectivity index (χ3v) is 7.50. The molecule has 0 saturated heterocycles. The summed E-state index contributed by atoms with van der Waals surface area (Å²) in [7, 11) is -4.30. The highest BCUT2D eigenvalue weighted by molar-refractivity contribution is 7.91. The predicted molar refractivity (Wildman–Crippen MR) is 128 cm³/mol. The van der Waals surface area contributed by atoms with Gasteiger partial charge in [-0.1, -0.05) is 23.2 Å². The van der Waals surface area contributed by atoms with E-state index in [0.29, 0.717) is 10.0 Å². The Morgan fingerprint density at radius 3 is 2.20 bits per heavy atom. The van der Waals surface area contributed by atoms with E-state index in [-0.39, 0.29) is 22.0 Å². The van der Waals surface area contributed by atoms with Gasteiger partial charge in [0.15, 0.2) is 9.84 Å². The third-order valence-electron chi connectivity index (χ3n) is 4.98. The van der Waals surface area contributed by atoms with E-state index in [2.05, 4.69) is 15.3 Å². The first-order chi connectivity index (χ1) is 16.6. The number of hydrogen-bond acceptors (Lipinski definition) is 5. The monoisotopic (exact) mass is 533 g/mol. The third kappa shape index (κ3) is 5.48. The fraction of sp³-hybridized carbons (Fsp3) is 0.0417. The quantitative estimate of drug-likeness (QED) is 0.334. The van der Waals surface area contributed by atoms with Gasteiger partial charge in [0.1, 0.15) is 22.7 Å². The highest BCUT2D eigenvalue weighted by atomic mass is 35.5. The second-order valence-corrected chi connectivity index (χ2v) is 10.2. The number of aromatic nitrogens is 2. The van der Waals surface area contributed by atoms with Crippen molar-refractivity contribution in [3.63, 3.8) is 0 Å². The molecule has 4 aromatic rings. The number of rotatable bonds is 6. The first-order valence-electron chi connectivity index (χ1n) is 9.98. The summed E-state index contributed by atoms with van der Waals surface area (Å²) < 4.78 is 55.8. The predicted octanol–water partition coefficient (Wildman–Crippen LogP) is 5.88. The molecule has 0 fully saturated rings. The lowest BCUT2D eigenvalue weighted by molar-refractivity contribution is 0.102. The number of anilines is 1. The van der Waals surface area contributed by atoms with E-state index in [9.17, 15) is 22.0 Å². The lowest BCUT2D eigenvalue weighted by atomic mass is 10.1. The van der Waals surface area contributed by atoms with Crippen LogP contribution in [0.5, 0.6) is 0 Å². The minimum Gasteiger partial charge on any atom is -0.307 e. The van der Waals surface area contributed by atoms with E-state index in [0.717, 1.165) is 24.4 Å². The number of carbonyl (C=O) groups is 1. The van der Waals surface area contributed by atoms with Gasteiger partial charge >= 0.3 is 0 Å². The molecule has 1 unspecified atom stereocenters. The van der Waals surface area contributed by atoms with Gasteiger partial charge < -0.3 is 5.32 Å². The van der Waals surface area contributed by atoms with Crippen LogP contribution in [0.3, 0.4) is 0 Å². The Hall–Kier alpha value is -3.40. The lowest BCUT2D eigenvalue weighted by Gasteiger charge is -2.19. The first kappa shape index (κ1) is 24.7. The molecule has 0 bridgehead atoms. The number of nitrogens with one attached hydrogen (secondary N) is 1. The highest BCUT2D eigenvalue weighted by Crippen LogP contribution is 2.36. The van der Waals surface area contributed by atoms with Crippen LogP contribution in [-0.2, 0) is 9.84 Å². The minimum absolute atomic E-state index is 0.0906. The molecule has 0 saturated carbocycles. The summed E-state index contributed by atoms with van der Waals surface area (Å²) >= 11 is 11.6. The van der Waals surface area contributed by atoms with Crippen LogP contribution in [0.25, 0.3) is 0 Å². The van der Waals surface area contributed by atoms with Gasteiger partial charge in [0.2, 0.25) is 0 Å². The zero-order valence-electron chi connectivity index (χ0n) is 17.6. The SMILES string of the molecule is O=C(Nc1ccc(Cl)cn1)c1ccc(C(c2cc(F)ccc2F)S(=O)(=O)c2ccc(Cl)cc2)nc1. The average Bonchev–Trinajstić information content (AvgIpc) is 2.83. The Bertz CT molecular complexity index is 1480. The highest BCUT2D eigenvalue weighted by Gasteiger charge is 2.34. The number of nitrogens with zero attached hydrogens (tertiary/aromatic N) is 2. The number of pyridine rings is 2. The van der Waals surface area contributed by atoms with Crippen LogP contribution in [0, 0.1) is 11.6 Å². The summed E-state index contributed by atoms with van der Waals surface area (Å²) in [6.07, 6.45) is 2.50. The molecule has 0 spiro atoms. The van der Waals surface area contributed by atoms with Gasteiger partial charge in [-0.15, -0.1) is 0 Å².